The molecule has 2 N–H and O–H groups in total. The maximum absolute atomic E-state index is 9.25. The maximum atomic E-state index is 9.25. The summed E-state index contributed by atoms with van der Waals surface area (Å²) in [6.45, 7) is 3.89. The number of thioether (sulfide) groups is 1. The molecule has 2 rings (SSSR count). The zero-order chi connectivity index (χ0) is 12.6. The van der Waals surface area contributed by atoms with Crippen molar-refractivity contribution in [2.24, 2.45) is 0 Å². The van der Waals surface area contributed by atoms with Crippen molar-refractivity contribution in [3.05, 3.63) is 0 Å². The second-order valence-electron chi connectivity index (χ2n) is 5.56. The fourth-order valence-corrected chi connectivity index (χ4v) is 4.15. The molecule has 2 saturated heterocycles. The van der Waals surface area contributed by atoms with Crippen LogP contribution >= 0.6 is 11.8 Å². The lowest BCUT2D eigenvalue weighted by Crippen LogP contribution is -2.35. The van der Waals surface area contributed by atoms with Gasteiger partial charge in [-0.1, -0.05) is 0 Å². The Bertz CT molecular complexity index is 222. The van der Waals surface area contributed by atoms with Crippen molar-refractivity contribution in [1.82, 2.24) is 10.2 Å². The monoisotopic (exact) mass is 272 g/mol. The number of nitrogens with zero attached hydrogens (tertiary/aromatic N) is 1. The van der Waals surface area contributed by atoms with Crippen LogP contribution in [0, 0.1) is 0 Å². The average Bonchev–Trinajstić information content (AvgIpc) is 2.87. The summed E-state index contributed by atoms with van der Waals surface area (Å²) in [5.41, 5.74) is 0. The first-order chi connectivity index (χ1) is 8.90. The van der Waals surface area contributed by atoms with Gasteiger partial charge in [0.05, 0.1) is 6.61 Å². The van der Waals surface area contributed by atoms with Gasteiger partial charge in [-0.05, 0) is 69.7 Å². The molecule has 106 valence electrons. The van der Waals surface area contributed by atoms with E-state index < -0.39 is 0 Å². The van der Waals surface area contributed by atoms with Crippen molar-refractivity contribution in [2.75, 3.05) is 37.7 Å². The van der Waals surface area contributed by atoms with Crippen molar-refractivity contribution in [1.29, 1.82) is 0 Å². The molecule has 0 aliphatic carbocycles. The number of unbranched alkanes of at least 4 members (excludes halogenated alkanes) is 1. The second-order valence-corrected chi connectivity index (χ2v) is 6.79. The molecule has 0 bridgehead atoms. The lowest BCUT2D eigenvalue weighted by Gasteiger charge is -2.24. The third-order valence-electron chi connectivity index (χ3n) is 4.24. The molecule has 18 heavy (non-hydrogen) atoms. The van der Waals surface area contributed by atoms with E-state index in [1.165, 1.54) is 69.7 Å². The van der Waals surface area contributed by atoms with Gasteiger partial charge in [0.15, 0.2) is 0 Å². The first-order valence-corrected chi connectivity index (χ1v) is 8.71. The smallest absolute Gasteiger partial charge is 0.0586 e. The Labute approximate surface area is 116 Å². The molecule has 4 heteroatoms. The quantitative estimate of drug-likeness (QED) is 0.692. The van der Waals surface area contributed by atoms with Crippen LogP contribution in [0.15, 0.2) is 0 Å². The van der Waals surface area contributed by atoms with E-state index in [2.05, 4.69) is 22.0 Å². The summed E-state index contributed by atoms with van der Waals surface area (Å²) in [5, 5.41) is 12.9. The highest BCUT2D eigenvalue weighted by atomic mass is 32.2. The van der Waals surface area contributed by atoms with E-state index in [1.807, 2.05) is 0 Å². The van der Waals surface area contributed by atoms with Crippen LogP contribution in [0.25, 0.3) is 0 Å². The van der Waals surface area contributed by atoms with Gasteiger partial charge in [0, 0.05) is 12.1 Å². The Hall–Kier alpha value is 0.230. The number of aliphatic hydroxyl groups excluding tert-OH is 1. The van der Waals surface area contributed by atoms with Gasteiger partial charge in [-0.3, -0.25) is 4.90 Å². The molecule has 0 aromatic carbocycles. The van der Waals surface area contributed by atoms with Crippen LogP contribution in [-0.4, -0.2) is 59.8 Å². The lowest BCUT2D eigenvalue weighted by atomic mass is 10.1. The molecule has 2 fully saturated rings. The fraction of sp³-hybridized carbons (Fsp3) is 1.00. The molecule has 2 heterocycles. The first-order valence-electron chi connectivity index (χ1n) is 7.56. The number of aliphatic hydroxyl groups is 1. The van der Waals surface area contributed by atoms with Gasteiger partial charge in [0.1, 0.15) is 0 Å². The van der Waals surface area contributed by atoms with Crippen LogP contribution in [0.5, 0.6) is 0 Å². The molecule has 3 nitrogen and oxygen atoms in total. The third-order valence-corrected chi connectivity index (χ3v) is 5.28. The predicted molar refractivity (Wildman–Crippen MR) is 79.3 cm³/mol. The van der Waals surface area contributed by atoms with Crippen molar-refractivity contribution < 1.29 is 5.11 Å². The minimum atomic E-state index is 0.345. The Morgan fingerprint density at radius 3 is 2.78 bits per heavy atom. The highest BCUT2D eigenvalue weighted by molar-refractivity contribution is 7.99. The number of hydrogen-bond acceptors (Lipinski definition) is 4. The van der Waals surface area contributed by atoms with Crippen molar-refractivity contribution in [3.63, 3.8) is 0 Å². The van der Waals surface area contributed by atoms with E-state index in [1.54, 1.807) is 0 Å². The SMILES string of the molecule is OCC1CCCN1CCCCNC1CCSCC1. The van der Waals surface area contributed by atoms with Crippen LogP contribution in [-0.2, 0) is 0 Å². The minimum absolute atomic E-state index is 0.345. The van der Waals surface area contributed by atoms with E-state index in [-0.39, 0.29) is 0 Å². The number of likely N-dealkylation sites (tertiary alicyclic amines) is 1. The van der Waals surface area contributed by atoms with Crippen LogP contribution in [0.3, 0.4) is 0 Å². The predicted octanol–water partition coefficient (Wildman–Crippen LogP) is 1.71. The first kappa shape index (κ1) is 14.6. The Balaban J connectivity index is 1.48. The van der Waals surface area contributed by atoms with E-state index in [0.29, 0.717) is 12.6 Å². The summed E-state index contributed by atoms with van der Waals surface area (Å²) < 4.78 is 0. The molecule has 0 radical (unpaired) electrons. The molecule has 1 atom stereocenters. The lowest BCUT2D eigenvalue weighted by molar-refractivity contribution is 0.157. The van der Waals surface area contributed by atoms with Crippen molar-refractivity contribution >= 4 is 11.8 Å². The zero-order valence-electron chi connectivity index (χ0n) is 11.4. The van der Waals surface area contributed by atoms with Crippen LogP contribution in [0.1, 0.15) is 38.5 Å². The van der Waals surface area contributed by atoms with Crippen LogP contribution in [0.4, 0.5) is 0 Å². The van der Waals surface area contributed by atoms with Gasteiger partial charge >= 0.3 is 0 Å². The van der Waals surface area contributed by atoms with E-state index >= 15 is 0 Å². The normalized spacial score (nSPS) is 26.8. The third kappa shape index (κ3) is 4.72. The van der Waals surface area contributed by atoms with Gasteiger partial charge < -0.3 is 10.4 Å². The molecule has 0 saturated carbocycles. The summed E-state index contributed by atoms with van der Waals surface area (Å²) in [6, 6.07) is 1.23. The number of rotatable bonds is 7. The molecule has 0 aromatic rings. The van der Waals surface area contributed by atoms with E-state index in [0.717, 1.165) is 6.04 Å². The van der Waals surface area contributed by atoms with Crippen molar-refractivity contribution in [3.8, 4) is 0 Å². The largest absolute Gasteiger partial charge is 0.395 e. The second kappa shape index (κ2) is 8.41. The average molecular weight is 272 g/mol. The Morgan fingerprint density at radius 2 is 2.00 bits per heavy atom. The minimum Gasteiger partial charge on any atom is -0.395 e. The highest BCUT2D eigenvalue weighted by Gasteiger charge is 2.22. The summed E-state index contributed by atoms with van der Waals surface area (Å²) in [5.74, 6) is 2.67. The van der Waals surface area contributed by atoms with Gasteiger partial charge in [-0.15, -0.1) is 0 Å². The molecule has 0 amide bonds. The molecular weight excluding hydrogens is 244 g/mol. The van der Waals surface area contributed by atoms with Crippen molar-refractivity contribution in [2.45, 2.75) is 50.6 Å². The van der Waals surface area contributed by atoms with E-state index in [9.17, 15) is 5.11 Å². The molecule has 1 unspecified atom stereocenters. The Kier molecular flexibility index (Phi) is 6.84. The number of hydrogen-bond donors (Lipinski definition) is 2. The van der Waals surface area contributed by atoms with Gasteiger partial charge in [-0.2, -0.15) is 11.8 Å². The molecule has 0 spiro atoms. The summed E-state index contributed by atoms with van der Waals surface area (Å²) in [6.07, 6.45) is 7.70. The highest BCUT2D eigenvalue weighted by Crippen LogP contribution is 2.18. The Morgan fingerprint density at radius 1 is 1.17 bits per heavy atom. The fourth-order valence-electron chi connectivity index (χ4n) is 3.04. The standard InChI is InChI=1S/C14H28N2OS/c17-12-14-4-3-9-16(14)8-2-1-7-15-13-5-10-18-11-6-13/h13-15,17H,1-12H2. The number of nitrogens with one attached hydrogen (secondary N) is 1. The molecular formula is C14H28N2OS. The summed E-state index contributed by atoms with van der Waals surface area (Å²) >= 11 is 2.09. The summed E-state index contributed by atoms with van der Waals surface area (Å²) in [7, 11) is 0. The van der Waals surface area contributed by atoms with Gasteiger partial charge in [0.25, 0.3) is 0 Å². The van der Waals surface area contributed by atoms with Crippen LogP contribution in [0.2, 0.25) is 0 Å². The molecule has 2 aliphatic rings. The van der Waals surface area contributed by atoms with Gasteiger partial charge in [-0.25, -0.2) is 0 Å². The zero-order valence-corrected chi connectivity index (χ0v) is 12.3. The maximum Gasteiger partial charge on any atom is 0.0586 e. The van der Waals surface area contributed by atoms with Gasteiger partial charge in [0.2, 0.25) is 0 Å². The summed E-state index contributed by atoms with van der Waals surface area (Å²) in [4.78, 5) is 2.47. The van der Waals surface area contributed by atoms with E-state index in [4.69, 9.17) is 0 Å². The topological polar surface area (TPSA) is 35.5 Å². The molecule has 0 aromatic heterocycles. The van der Waals surface area contributed by atoms with Crippen LogP contribution < -0.4 is 5.32 Å². The molecule has 2 aliphatic heterocycles.